The fourth-order valence-electron chi connectivity index (χ4n) is 2.17. The maximum atomic E-state index is 9.03. The number of hydrogen-bond donors (Lipinski definition) is 1. The van der Waals surface area contributed by atoms with Gasteiger partial charge in [-0.1, -0.05) is 0 Å². The van der Waals surface area contributed by atoms with Crippen LogP contribution in [0.25, 0.3) is 0 Å². The minimum atomic E-state index is -0.258. The third-order valence-electron chi connectivity index (χ3n) is 3.61. The van der Waals surface area contributed by atoms with Crippen molar-refractivity contribution in [3.63, 3.8) is 0 Å². The first-order chi connectivity index (χ1) is 12.1. The van der Waals surface area contributed by atoms with Crippen LogP contribution in [0.5, 0.6) is 5.75 Å². The van der Waals surface area contributed by atoms with Gasteiger partial charge in [-0.3, -0.25) is 4.68 Å². The number of aromatic nitrogens is 2. The lowest BCUT2D eigenvalue weighted by Crippen LogP contribution is -2.02. The van der Waals surface area contributed by atoms with E-state index in [9.17, 15) is 0 Å². The first-order valence-corrected chi connectivity index (χ1v) is 7.58. The van der Waals surface area contributed by atoms with Gasteiger partial charge in [0.25, 0.3) is 0 Å². The third-order valence-corrected chi connectivity index (χ3v) is 3.61. The van der Waals surface area contributed by atoms with Gasteiger partial charge in [-0.25, -0.2) is 0 Å². The number of ether oxygens (including phenoxy) is 1. The van der Waals surface area contributed by atoms with E-state index in [1.54, 1.807) is 42.6 Å². The van der Waals surface area contributed by atoms with Gasteiger partial charge < -0.3 is 10.1 Å². The normalized spacial score (nSPS) is 9.40. The average Bonchev–Trinajstić information content (AvgIpc) is 3.00. The van der Waals surface area contributed by atoms with E-state index in [1.807, 2.05) is 24.6 Å². The Morgan fingerprint density at radius 2 is 1.84 bits per heavy atom. The van der Waals surface area contributed by atoms with Gasteiger partial charge in [0.1, 0.15) is 36.3 Å². The maximum Gasteiger partial charge on any atom is 0.163 e. The summed E-state index contributed by atoms with van der Waals surface area (Å²) in [5, 5.41) is 33.7. The summed E-state index contributed by atoms with van der Waals surface area (Å²) in [7, 11) is 0. The largest absolute Gasteiger partial charge is 0.489 e. The molecule has 0 radical (unpaired) electrons. The molecule has 0 saturated heterocycles. The van der Waals surface area contributed by atoms with Crippen molar-refractivity contribution in [1.29, 1.82) is 15.8 Å². The highest BCUT2D eigenvalue weighted by Crippen LogP contribution is 2.19. The summed E-state index contributed by atoms with van der Waals surface area (Å²) in [4.78, 5) is 0. The van der Waals surface area contributed by atoms with E-state index < -0.39 is 0 Å². The third kappa shape index (κ3) is 4.16. The molecule has 0 bridgehead atoms. The molecule has 0 unspecified atom stereocenters. The summed E-state index contributed by atoms with van der Waals surface area (Å²) >= 11 is 0. The molecule has 1 aromatic heterocycles. The second kappa shape index (κ2) is 8.19. The van der Waals surface area contributed by atoms with Crippen LogP contribution in [0.2, 0.25) is 0 Å². The van der Waals surface area contributed by atoms with Crippen molar-refractivity contribution in [3.05, 3.63) is 53.0 Å². The van der Waals surface area contributed by atoms with Gasteiger partial charge in [-0.05, 0) is 38.1 Å². The Balaban J connectivity index is 2.04. The van der Waals surface area contributed by atoms with E-state index in [0.717, 1.165) is 17.8 Å². The Kier molecular flexibility index (Phi) is 5.77. The van der Waals surface area contributed by atoms with Crippen LogP contribution in [0.15, 0.2) is 41.7 Å². The molecule has 0 aliphatic carbocycles. The second-order valence-electron chi connectivity index (χ2n) is 5.09. The quantitative estimate of drug-likeness (QED) is 0.814. The number of nitrogens with zero attached hydrogens (tertiary/aromatic N) is 5. The molecule has 0 saturated carbocycles. The molecule has 25 heavy (non-hydrogen) atoms. The van der Waals surface area contributed by atoms with Crippen LogP contribution in [0.4, 0.5) is 5.69 Å². The number of aryl methyl sites for hydroxylation is 1. The smallest absolute Gasteiger partial charge is 0.163 e. The minimum Gasteiger partial charge on any atom is -0.489 e. The summed E-state index contributed by atoms with van der Waals surface area (Å²) in [6.07, 6.45) is 1.80. The molecule has 7 nitrogen and oxygen atoms in total. The Labute approximate surface area is 146 Å². The van der Waals surface area contributed by atoms with Crippen LogP contribution in [0.1, 0.15) is 18.2 Å². The minimum absolute atomic E-state index is 0.0822. The molecule has 0 aliphatic heterocycles. The molecular formula is C18H16N6O. The summed E-state index contributed by atoms with van der Waals surface area (Å²) in [5.41, 5.74) is 2.34. The molecule has 1 N–H and O–H groups in total. The highest BCUT2D eigenvalue weighted by atomic mass is 16.5. The SMILES string of the molecule is CCn1ncc(COc2ccc(NC(C#N)=C(C#N)C#N)cc2)c1C. The standard InChI is InChI=1S/C18H16N6O/c1-3-24-13(2)15(11-22-24)12-25-17-6-4-16(5-7-17)23-18(10-21)14(8-19)9-20/h4-7,11,23H,3,12H2,1-2H3. The molecule has 1 heterocycles. The Bertz CT molecular complexity index is 887. The lowest BCUT2D eigenvalue weighted by Gasteiger charge is -2.08. The molecule has 7 heteroatoms. The van der Waals surface area contributed by atoms with Crippen LogP contribution < -0.4 is 10.1 Å². The topological polar surface area (TPSA) is 110 Å². The molecule has 1 aromatic carbocycles. The van der Waals surface area contributed by atoms with E-state index in [-0.39, 0.29) is 11.3 Å². The zero-order valence-corrected chi connectivity index (χ0v) is 13.9. The summed E-state index contributed by atoms with van der Waals surface area (Å²) in [5.74, 6) is 0.664. The first-order valence-electron chi connectivity index (χ1n) is 7.58. The van der Waals surface area contributed by atoms with E-state index in [1.165, 1.54) is 0 Å². The molecule has 2 rings (SSSR count). The fourth-order valence-corrected chi connectivity index (χ4v) is 2.17. The zero-order valence-electron chi connectivity index (χ0n) is 13.9. The van der Waals surface area contributed by atoms with Crippen molar-refractivity contribution in [3.8, 4) is 24.0 Å². The molecule has 0 aliphatic rings. The van der Waals surface area contributed by atoms with Gasteiger partial charge >= 0.3 is 0 Å². The van der Waals surface area contributed by atoms with Crippen molar-refractivity contribution in [1.82, 2.24) is 9.78 Å². The van der Waals surface area contributed by atoms with E-state index >= 15 is 0 Å². The van der Waals surface area contributed by atoms with Gasteiger partial charge in [0.2, 0.25) is 0 Å². The van der Waals surface area contributed by atoms with Gasteiger partial charge in [0.05, 0.1) is 6.20 Å². The number of benzene rings is 1. The predicted octanol–water partition coefficient (Wildman–Crippen LogP) is 3.03. The van der Waals surface area contributed by atoms with Crippen molar-refractivity contribution >= 4 is 5.69 Å². The van der Waals surface area contributed by atoms with Crippen LogP contribution in [0, 0.1) is 40.9 Å². The van der Waals surface area contributed by atoms with Crippen LogP contribution in [-0.4, -0.2) is 9.78 Å². The van der Waals surface area contributed by atoms with Gasteiger partial charge in [0, 0.05) is 23.5 Å². The zero-order chi connectivity index (χ0) is 18.2. The number of rotatable bonds is 6. The van der Waals surface area contributed by atoms with Crippen LogP contribution >= 0.6 is 0 Å². The van der Waals surface area contributed by atoms with Crippen LogP contribution in [-0.2, 0) is 13.2 Å². The second-order valence-corrected chi connectivity index (χ2v) is 5.09. The monoisotopic (exact) mass is 332 g/mol. The first kappa shape index (κ1) is 17.6. The Morgan fingerprint density at radius 3 is 2.36 bits per heavy atom. The maximum absolute atomic E-state index is 9.03. The lowest BCUT2D eigenvalue weighted by molar-refractivity contribution is 0.305. The Morgan fingerprint density at radius 1 is 1.16 bits per heavy atom. The van der Waals surface area contributed by atoms with Gasteiger partial charge in [0.15, 0.2) is 5.57 Å². The number of anilines is 1. The number of allylic oxidation sites excluding steroid dienone is 2. The van der Waals surface area contributed by atoms with Crippen molar-refractivity contribution in [2.75, 3.05) is 5.32 Å². The molecule has 124 valence electrons. The van der Waals surface area contributed by atoms with Crippen molar-refractivity contribution in [2.24, 2.45) is 0 Å². The fraction of sp³-hybridized carbons (Fsp3) is 0.222. The van der Waals surface area contributed by atoms with Crippen molar-refractivity contribution < 1.29 is 4.74 Å². The highest BCUT2D eigenvalue weighted by Gasteiger charge is 2.07. The van der Waals surface area contributed by atoms with E-state index in [4.69, 9.17) is 20.5 Å². The van der Waals surface area contributed by atoms with Gasteiger partial charge in [-0.15, -0.1) is 0 Å². The predicted molar refractivity (Wildman–Crippen MR) is 90.9 cm³/mol. The molecule has 2 aromatic rings. The Hall–Kier alpha value is -3.76. The van der Waals surface area contributed by atoms with E-state index in [0.29, 0.717) is 18.0 Å². The molecular weight excluding hydrogens is 316 g/mol. The molecule has 0 amide bonds. The summed E-state index contributed by atoms with van der Waals surface area (Å²) < 4.78 is 7.65. The van der Waals surface area contributed by atoms with Gasteiger partial charge in [-0.2, -0.15) is 20.9 Å². The molecule has 0 atom stereocenters. The number of hydrogen-bond acceptors (Lipinski definition) is 6. The van der Waals surface area contributed by atoms with Crippen LogP contribution in [0.3, 0.4) is 0 Å². The number of nitriles is 3. The van der Waals surface area contributed by atoms with E-state index in [2.05, 4.69) is 10.4 Å². The highest BCUT2D eigenvalue weighted by molar-refractivity contribution is 5.58. The molecule has 0 spiro atoms. The lowest BCUT2D eigenvalue weighted by atomic mass is 10.2. The number of nitrogens with one attached hydrogen (secondary N) is 1. The molecule has 0 fully saturated rings. The summed E-state index contributed by atoms with van der Waals surface area (Å²) in [6.45, 7) is 5.26. The summed E-state index contributed by atoms with van der Waals surface area (Å²) in [6, 6.07) is 12.1. The average molecular weight is 332 g/mol. The van der Waals surface area contributed by atoms with Crippen molar-refractivity contribution in [2.45, 2.75) is 27.0 Å².